The first-order valence-electron chi connectivity index (χ1n) is 8.44. The van der Waals surface area contributed by atoms with Crippen molar-refractivity contribution in [1.82, 2.24) is 0 Å². The molecule has 1 aromatic carbocycles. The van der Waals surface area contributed by atoms with Gasteiger partial charge in [-0.3, -0.25) is 0 Å². The van der Waals surface area contributed by atoms with Crippen LogP contribution < -0.4 is 4.74 Å². The van der Waals surface area contributed by atoms with Gasteiger partial charge in [-0.2, -0.15) is 0 Å². The molecule has 2 aliphatic rings. The minimum atomic E-state index is -0.142. The fourth-order valence-corrected chi connectivity index (χ4v) is 5.16. The molecule has 0 aliphatic heterocycles. The molecule has 0 radical (unpaired) electrons. The number of aliphatic hydroxyl groups is 1. The molecule has 2 saturated carbocycles. The summed E-state index contributed by atoms with van der Waals surface area (Å²) < 4.78 is 5.30. The zero-order valence-electron chi connectivity index (χ0n) is 14.1. The largest absolute Gasteiger partial charge is 0.504 e. The number of aliphatic hydroxyl groups excluding tert-OH is 1. The highest BCUT2D eigenvalue weighted by Gasteiger charge is 2.52. The monoisotopic (exact) mass is 304 g/mol. The predicted molar refractivity (Wildman–Crippen MR) is 87.4 cm³/mol. The number of hydrogen-bond acceptors (Lipinski definition) is 3. The molecule has 3 heteroatoms. The van der Waals surface area contributed by atoms with E-state index >= 15 is 0 Å². The maximum Gasteiger partial charge on any atom is 0.160 e. The molecule has 2 N–H and O–H groups in total. The first-order chi connectivity index (χ1) is 10.4. The van der Waals surface area contributed by atoms with Crippen LogP contribution in [-0.4, -0.2) is 23.4 Å². The summed E-state index contributed by atoms with van der Waals surface area (Å²) >= 11 is 0. The van der Waals surface area contributed by atoms with Gasteiger partial charge in [-0.15, -0.1) is 0 Å². The minimum absolute atomic E-state index is 0.0881. The van der Waals surface area contributed by atoms with Gasteiger partial charge in [0, 0.05) is 0 Å². The van der Waals surface area contributed by atoms with Crippen LogP contribution in [0.15, 0.2) is 12.1 Å². The Morgan fingerprint density at radius 3 is 2.64 bits per heavy atom. The van der Waals surface area contributed by atoms with Crippen LogP contribution in [0.1, 0.15) is 56.6 Å². The van der Waals surface area contributed by atoms with Crippen molar-refractivity contribution in [3.8, 4) is 11.5 Å². The summed E-state index contributed by atoms with van der Waals surface area (Å²) in [6.07, 6.45) is 4.10. The lowest BCUT2D eigenvalue weighted by Crippen LogP contribution is -2.41. The quantitative estimate of drug-likeness (QED) is 0.868. The maximum absolute atomic E-state index is 10.4. The molecule has 22 heavy (non-hydrogen) atoms. The number of fused-ring (bicyclic) bond motifs is 1. The molecule has 0 amide bonds. The molecule has 3 nitrogen and oxygen atoms in total. The highest BCUT2D eigenvalue weighted by atomic mass is 16.5. The van der Waals surface area contributed by atoms with Gasteiger partial charge in [0.15, 0.2) is 11.5 Å². The number of phenolic OH excluding ortho intramolecular Hbond substituents is 1. The zero-order chi connectivity index (χ0) is 16.1. The van der Waals surface area contributed by atoms with Crippen LogP contribution in [-0.2, 0) is 0 Å². The van der Waals surface area contributed by atoms with Crippen LogP contribution in [0.5, 0.6) is 11.5 Å². The summed E-state index contributed by atoms with van der Waals surface area (Å²) in [6.45, 7) is 6.67. The Morgan fingerprint density at radius 2 is 1.95 bits per heavy atom. The Labute approximate surface area is 133 Å². The predicted octanol–water partition coefficient (Wildman–Crippen LogP) is 4.00. The Balaban J connectivity index is 1.94. The molecular formula is C19H28O3. The Morgan fingerprint density at radius 1 is 1.23 bits per heavy atom. The van der Waals surface area contributed by atoms with Crippen molar-refractivity contribution in [2.24, 2.45) is 17.3 Å². The standard InChI is InChI=1S/C19H28O3/c1-11-9-16(20)17(22-4)10-14(11)13-7-8-19(3)15(12(13)2)5-6-18(19)21/h9-10,12-13,15,18,20-21H,5-8H2,1-4H3/t12?,13?,15?,18-,19-/m0/s1. The topological polar surface area (TPSA) is 49.7 Å². The zero-order valence-corrected chi connectivity index (χ0v) is 14.1. The van der Waals surface area contributed by atoms with Crippen molar-refractivity contribution in [1.29, 1.82) is 0 Å². The molecular weight excluding hydrogens is 276 g/mol. The Kier molecular flexibility index (Phi) is 3.88. The fraction of sp³-hybridized carbons (Fsp3) is 0.684. The number of rotatable bonds is 2. The molecule has 2 fully saturated rings. The second kappa shape index (κ2) is 5.45. The van der Waals surface area contributed by atoms with Crippen molar-refractivity contribution in [3.05, 3.63) is 23.3 Å². The van der Waals surface area contributed by atoms with E-state index in [1.807, 2.05) is 12.1 Å². The first-order valence-corrected chi connectivity index (χ1v) is 8.44. The Hall–Kier alpha value is -1.22. The lowest BCUT2D eigenvalue weighted by molar-refractivity contribution is -0.0142. The van der Waals surface area contributed by atoms with Gasteiger partial charge in [0.05, 0.1) is 13.2 Å². The number of benzene rings is 1. The molecule has 0 spiro atoms. The van der Waals surface area contributed by atoms with Crippen LogP contribution in [0.2, 0.25) is 0 Å². The third-order valence-electron chi connectivity index (χ3n) is 6.59. The number of aryl methyl sites for hydroxylation is 1. The van der Waals surface area contributed by atoms with Crippen LogP contribution in [0.25, 0.3) is 0 Å². The van der Waals surface area contributed by atoms with Crippen LogP contribution in [0, 0.1) is 24.2 Å². The number of phenols is 1. The molecule has 1 aromatic rings. The average molecular weight is 304 g/mol. The minimum Gasteiger partial charge on any atom is -0.504 e. The summed E-state index contributed by atoms with van der Waals surface area (Å²) in [4.78, 5) is 0. The van der Waals surface area contributed by atoms with E-state index in [2.05, 4.69) is 20.8 Å². The molecule has 0 heterocycles. The molecule has 0 aromatic heterocycles. The highest BCUT2D eigenvalue weighted by Crippen LogP contribution is 2.58. The third-order valence-corrected chi connectivity index (χ3v) is 6.59. The van der Waals surface area contributed by atoms with Gasteiger partial charge >= 0.3 is 0 Å². The van der Waals surface area contributed by atoms with Gasteiger partial charge in [0.25, 0.3) is 0 Å². The second-order valence-corrected chi connectivity index (χ2v) is 7.59. The Bertz CT molecular complexity index is 568. The van der Waals surface area contributed by atoms with E-state index in [0.717, 1.165) is 31.2 Å². The number of methoxy groups -OCH3 is 1. The number of ether oxygens (including phenoxy) is 1. The van der Waals surface area contributed by atoms with Crippen LogP contribution in [0.4, 0.5) is 0 Å². The summed E-state index contributed by atoms with van der Waals surface area (Å²) in [6, 6.07) is 3.83. The highest BCUT2D eigenvalue weighted by molar-refractivity contribution is 5.47. The van der Waals surface area contributed by atoms with Crippen molar-refractivity contribution < 1.29 is 14.9 Å². The van der Waals surface area contributed by atoms with E-state index in [1.165, 1.54) is 5.56 Å². The average Bonchev–Trinajstić information content (AvgIpc) is 2.77. The lowest BCUT2D eigenvalue weighted by Gasteiger charge is -2.47. The summed E-state index contributed by atoms with van der Waals surface area (Å²) in [5, 5.41) is 20.3. The SMILES string of the molecule is COc1cc(C2CC[C@@]3(C)C(CC[C@@H]3O)C2C)c(C)cc1O. The van der Waals surface area contributed by atoms with Gasteiger partial charge in [0.1, 0.15) is 0 Å². The molecule has 2 aliphatic carbocycles. The van der Waals surface area contributed by atoms with Crippen molar-refractivity contribution in [2.75, 3.05) is 7.11 Å². The fourth-order valence-electron chi connectivity index (χ4n) is 5.16. The van der Waals surface area contributed by atoms with Gasteiger partial charge in [-0.25, -0.2) is 0 Å². The molecule has 0 bridgehead atoms. The van der Waals surface area contributed by atoms with Gasteiger partial charge in [0.2, 0.25) is 0 Å². The second-order valence-electron chi connectivity index (χ2n) is 7.59. The molecule has 5 atom stereocenters. The third kappa shape index (κ3) is 2.21. The van der Waals surface area contributed by atoms with E-state index in [4.69, 9.17) is 4.74 Å². The van der Waals surface area contributed by atoms with E-state index in [9.17, 15) is 10.2 Å². The number of aromatic hydroxyl groups is 1. The molecule has 0 saturated heterocycles. The van der Waals surface area contributed by atoms with Gasteiger partial charge in [-0.1, -0.05) is 13.8 Å². The maximum atomic E-state index is 10.4. The summed E-state index contributed by atoms with van der Waals surface area (Å²) in [7, 11) is 1.60. The van der Waals surface area contributed by atoms with Crippen LogP contribution >= 0.6 is 0 Å². The first kappa shape index (κ1) is 15.7. The van der Waals surface area contributed by atoms with Crippen LogP contribution in [0.3, 0.4) is 0 Å². The van der Waals surface area contributed by atoms with Crippen molar-refractivity contribution >= 4 is 0 Å². The van der Waals surface area contributed by atoms with Crippen molar-refractivity contribution in [3.63, 3.8) is 0 Å². The summed E-state index contributed by atoms with van der Waals surface area (Å²) in [5.74, 6) is 2.39. The van der Waals surface area contributed by atoms with E-state index in [-0.39, 0.29) is 17.3 Å². The molecule has 3 unspecified atom stereocenters. The molecule has 122 valence electrons. The summed E-state index contributed by atoms with van der Waals surface area (Å²) in [5.41, 5.74) is 2.52. The van der Waals surface area contributed by atoms with Gasteiger partial charge in [-0.05, 0) is 79.0 Å². The van der Waals surface area contributed by atoms with Gasteiger partial charge < -0.3 is 14.9 Å². The molecule has 3 rings (SSSR count). The van der Waals surface area contributed by atoms with E-state index in [0.29, 0.717) is 23.5 Å². The number of hydrogen-bond donors (Lipinski definition) is 2. The van der Waals surface area contributed by atoms with Crippen molar-refractivity contribution in [2.45, 2.75) is 58.5 Å². The lowest BCUT2D eigenvalue weighted by atomic mass is 9.59. The van der Waals surface area contributed by atoms with E-state index in [1.54, 1.807) is 7.11 Å². The van der Waals surface area contributed by atoms with E-state index < -0.39 is 0 Å². The normalized spacial score (nSPS) is 37.9. The smallest absolute Gasteiger partial charge is 0.160 e.